The van der Waals surface area contributed by atoms with Gasteiger partial charge in [0, 0.05) is 25.0 Å². The number of amides is 1. The van der Waals surface area contributed by atoms with Crippen LogP contribution in [0.25, 0.3) is 0 Å². The van der Waals surface area contributed by atoms with Crippen LogP contribution in [-0.2, 0) is 0 Å². The summed E-state index contributed by atoms with van der Waals surface area (Å²) in [7, 11) is 0. The van der Waals surface area contributed by atoms with Crippen LogP contribution in [0.15, 0.2) is 10.7 Å². The highest BCUT2D eigenvalue weighted by Crippen LogP contribution is 2.39. The number of anilines is 1. The van der Waals surface area contributed by atoms with Crippen LogP contribution in [0.4, 0.5) is 5.95 Å². The van der Waals surface area contributed by atoms with E-state index in [2.05, 4.69) is 30.7 Å². The van der Waals surface area contributed by atoms with E-state index in [9.17, 15) is 4.79 Å². The average Bonchev–Trinajstić information content (AvgIpc) is 3.55. The minimum absolute atomic E-state index is 0.120. The first-order valence-electron chi connectivity index (χ1n) is 9.07. The predicted octanol–water partition coefficient (Wildman–Crippen LogP) is 1.27. The maximum absolute atomic E-state index is 12.0. The molecule has 9 heteroatoms. The number of nitrogens with one attached hydrogen (secondary N) is 1. The number of hydrogen-bond acceptors (Lipinski definition) is 7. The Balaban J connectivity index is 1.19. The molecule has 1 N–H and O–H groups in total. The summed E-state index contributed by atoms with van der Waals surface area (Å²) in [6.45, 7) is 1.69. The second-order valence-corrected chi connectivity index (χ2v) is 7.26. The monoisotopic (exact) mass is 343 g/mol. The van der Waals surface area contributed by atoms with E-state index in [0.29, 0.717) is 23.6 Å². The summed E-state index contributed by atoms with van der Waals surface area (Å²) in [4.78, 5) is 18.7. The lowest BCUT2D eigenvalue weighted by molar-refractivity contribution is 0.0946. The molecule has 1 saturated heterocycles. The fourth-order valence-corrected chi connectivity index (χ4v) is 3.23. The van der Waals surface area contributed by atoms with Gasteiger partial charge in [-0.2, -0.15) is 4.98 Å². The topological polar surface area (TPSA) is 102 Å². The van der Waals surface area contributed by atoms with E-state index in [1.807, 2.05) is 4.68 Å². The summed E-state index contributed by atoms with van der Waals surface area (Å²) in [6.07, 6.45) is 8.05. The van der Waals surface area contributed by atoms with E-state index in [1.165, 1.54) is 0 Å². The molecule has 0 aromatic carbocycles. The molecule has 25 heavy (non-hydrogen) atoms. The number of nitrogens with zero attached hydrogens (tertiary/aromatic N) is 6. The summed E-state index contributed by atoms with van der Waals surface area (Å²) in [5.41, 5.74) is 0.404. The van der Waals surface area contributed by atoms with Crippen LogP contribution in [0.5, 0.6) is 0 Å². The van der Waals surface area contributed by atoms with Crippen molar-refractivity contribution >= 4 is 11.9 Å². The van der Waals surface area contributed by atoms with Gasteiger partial charge >= 0.3 is 0 Å². The van der Waals surface area contributed by atoms with Crippen LogP contribution in [0.1, 0.15) is 66.9 Å². The Hall–Kier alpha value is -2.45. The average molecular weight is 343 g/mol. The normalized spacial score (nSPS) is 21.5. The van der Waals surface area contributed by atoms with Crippen molar-refractivity contribution in [3.05, 3.63) is 17.8 Å². The third-order valence-corrected chi connectivity index (χ3v) is 5.13. The first-order valence-corrected chi connectivity index (χ1v) is 9.07. The van der Waals surface area contributed by atoms with E-state index in [0.717, 1.165) is 57.5 Å². The number of rotatable bonds is 5. The van der Waals surface area contributed by atoms with Crippen molar-refractivity contribution in [2.75, 3.05) is 18.0 Å². The van der Waals surface area contributed by atoms with Gasteiger partial charge in [0.2, 0.25) is 5.89 Å². The summed E-state index contributed by atoms with van der Waals surface area (Å²) < 4.78 is 7.17. The minimum atomic E-state index is -0.120. The molecule has 3 aliphatic rings. The Kier molecular flexibility index (Phi) is 3.46. The van der Waals surface area contributed by atoms with Gasteiger partial charge in [-0.15, -0.1) is 5.10 Å². The largest absolute Gasteiger partial charge is 0.348 e. The van der Waals surface area contributed by atoms with Gasteiger partial charge < -0.3 is 14.7 Å². The Morgan fingerprint density at radius 1 is 1.16 bits per heavy atom. The van der Waals surface area contributed by atoms with E-state index < -0.39 is 0 Å². The van der Waals surface area contributed by atoms with E-state index in [-0.39, 0.29) is 11.9 Å². The molecule has 2 aromatic heterocycles. The second-order valence-electron chi connectivity index (χ2n) is 7.26. The molecule has 1 amide bonds. The van der Waals surface area contributed by atoms with Crippen molar-refractivity contribution in [2.24, 2.45) is 0 Å². The molecule has 0 bridgehead atoms. The van der Waals surface area contributed by atoms with Crippen LogP contribution in [0, 0.1) is 0 Å². The number of piperidine rings is 1. The fourth-order valence-electron chi connectivity index (χ4n) is 3.23. The number of aromatic nitrogens is 5. The molecule has 2 aromatic rings. The Labute approximate surface area is 144 Å². The lowest BCUT2D eigenvalue weighted by atomic mass is 10.1. The maximum Gasteiger partial charge on any atom is 0.273 e. The maximum atomic E-state index is 12.0. The van der Waals surface area contributed by atoms with Crippen LogP contribution in [0.2, 0.25) is 0 Å². The van der Waals surface area contributed by atoms with Crippen molar-refractivity contribution in [3.63, 3.8) is 0 Å². The van der Waals surface area contributed by atoms with Crippen LogP contribution in [0.3, 0.4) is 0 Å². The Morgan fingerprint density at radius 2 is 1.96 bits per heavy atom. The van der Waals surface area contributed by atoms with E-state index in [4.69, 9.17) is 4.52 Å². The molecule has 5 rings (SSSR count). The van der Waals surface area contributed by atoms with Crippen LogP contribution >= 0.6 is 0 Å². The number of hydrogen-bond donors (Lipinski definition) is 1. The summed E-state index contributed by atoms with van der Waals surface area (Å²) in [5, 5.41) is 15.2. The van der Waals surface area contributed by atoms with Crippen molar-refractivity contribution < 1.29 is 9.32 Å². The molecule has 2 aliphatic carbocycles. The van der Waals surface area contributed by atoms with Gasteiger partial charge in [-0.25, -0.2) is 4.68 Å². The van der Waals surface area contributed by atoms with Gasteiger partial charge in [-0.05, 0) is 43.7 Å². The van der Waals surface area contributed by atoms with E-state index in [1.54, 1.807) is 6.20 Å². The first kappa shape index (κ1) is 14.9. The zero-order valence-corrected chi connectivity index (χ0v) is 14.0. The van der Waals surface area contributed by atoms with Gasteiger partial charge in [0.15, 0.2) is 5.69 Å². The molecular formula is C16H21N7O2. The molecule has 3 heterocycles. The van der Waals surface area contributed by atoms with Crippen molar-refractivity contribution in [2.45, 2.75) is 56.5 Å². The quantitative estimate of drug-likeness (QED) is 0.872. The fraction of sp³-hybridized carbons (Fsp3) is 0.688. The molecule has 0 spiro atoms. The molecule has 132 valence electrons. The van der Waals surface area contributed by atoms with Gasteiger partial charge in [0.1, 0.15) is 0 Å². The highest BCUT2D eigenvalue weighted by molar-refractivity contribution is 5.92. The first-order chi connectivity index (χ1) is 12.3. The SMILES string of the molecule is O=C(NC1CC1)c1cn(C2CCN(c3noc(C4CC4)n3)CC2)nn1. The van der Waals surface area contributed by atoms with Gasteiger partial charge in [0.05, 0.1) is 12.2 Å². The van der Waals surface area contributed by atoms with Gasteiger partial charge in [0.25, 0.3) is 11.9 Å². The number of carbonyl (C=O) groups excluding carboxylic acids is 1. The summed E-state index contributed by atoms with van der Waals surface area (Å²) >= 11 is 0. The van der Waals surface area contributed by atoms with Crippen molar-refractivity contribution in [3.8, 4) is 0 Å². The third kappa shape index (κ3) is 3.10. The summed E-state index contributed by atoms with van der Waals surface area (Å²) in [5.74, 6) is 1.84. The Morgan fingerprint density at radius 3 is 2.68 bits per heavy atom. The molecule has 0 atom stereocenters. The van der Waals surface area contributed by atoms with Crippen LogP contribution in [-0.4, -0.2) is 50.2 Å². The standard InChI is InChI=1S/C16H21N7O2/c24-14(17-11-3-4-11)13-9-23(21-19-13)12-5-7-22(8-6-12)16-18-15(25-20-16)10-1-2-10/h9-12H,1-8H2,(H,17,24). The zero-order valence-electron chi connectivity index (χ0n) is 14.0. The molecular weight excluding hydrogens is 322 g/mol. The lowest BCUT2D eigenvalue weighted by Gasteiger charge is -2.30. The zero-order chi connectivity index (χ0) is 16.8. The minimum Gasteiger partial charge on any atom is -0.348 e. The molecule has 0 radical (unpaired) electrons. The predicted molar refractivity (Wildman–Crippen MR) is 87.3 cm³/mol. The van der Waals surface area contributed by atoms with Crippen LogP contribution < -0.4 is 10.2 Å². The van der Waals surface area contributed by atoms with E-state index >= 15 is 0 Å². The number of carbonyl (C=O) groups is 1. The highest BCUT2D eigenvalue weighted by Gasteiger charge is 2.32. The van der Waals surface area contributed by atoms with Gasteiger partial charge in [-0.1, -0.05) is 5.21 Å². The van der Waals surface area contributed by atoms with Crippen molar-refractivity contribution in [1.29, 1.82) is 0 Å². The molecule has 1 aliphatic heterocycles. The molecule has 2 saturated carbocycles. The molecule has 0 unspecified atom stereocenters. The van der Waals surface area contributed by atoms with Crippen molar-refractivity contribution in [1.82, 2.24) is 30.5 Å². The second kappa shape index (κ2) is 5.82. The third-order valence-electron chi connectivity index (χ3n) is 5.13. The smallest absolute Gasteiger partial charge is 0.273 e. The summed E-state index contributed by atoms with van der Waals surface area (Å²) in [6, 6.07) is 0.581. The molecule has 3 fully saturated rings. The lowest BCUT2D eigenvalue weighted by Crippen LogP contribution is -2.35. The Bertz CT molecular complexity index is 769. The highest BCUT2D eigenvalue weighted by atomic mass is 16.5. The molecule has 9 nitrogen and oxygen atoms in total. The van der Waals surface area contributed by atoms with Gasteiger partial charge in [-0.3, -0.25) is 4.79 Å².